The van der Waals surface area contributed by atoms with Crippen LogP contribution in [0.3, 0.4) is 0 Å². The number of methoxy groups -OCH3 is 1. The number of nitrogens with zero attached hydrogens (tertiary/aromatic N) is 4. The molecule has 0 radical (unpaired) electrons. The maximum atomic E-state index is 14.0. The highest BCUT2D eigenvalue weighted by Crippen LogP contribution is 2.42. The molecule has 16 heteroatoms. The maximum Gasteiger partial charge on any atom is 0.328 e. The van der Waals surface area contributed by atoms with Gasteiger partial charge in [0.15, 0.2) is 11.7 Å². The second-order valence-corrected chi connectivity index (χ2v) is 16.6. The highest BCUT2D eigenvalue weighted by molar-refractivity contribution is 6.31. The van der Waals surface area contributed by atoms with Gasteiger partial charge >= 0.3 is 11.9 Å². The Labute approximate surface area is 396 Å². The molecule has 8 rings (SSSR count). The molecule has 0 unspecified atom stereocenters. The van der Waals surface area contributed by atoms with E-state index in [4.69, 9.17) is 49.8 Å². The van der Waals surface area contributed by atoms with E-state index >= 15 is 0 Å². The Morgan fingerprint density at radius 2 is 1.06 bits per heavy atom. The number of carboxylic acid groups (broad SMARTS) is 1. The number of carbonyl (C=O) groups is 4. The molecule has 67 heavy (non-hydrogen) atoms. The summed E-state index contributed by atoms with van der Waals surface area (Å²) in [6, 6.07) is 40.4. The van der Waals surface area contributed by atoms with E-state index in [0.29, 0.717) is 63.5 Å². The van der Waals surface area contributed by atoms with Crippen molar-refractivity contribution in [3.8, 4) is 22.3 Å². The summed E-state index contributed by atoms with van der Waals surface area (Å²) in [6.07, 6.45) is 1.92. The Hall–Kier alpha value is -7.68. The summed E-state index contributed by atoms with van der Waals surface area (Å²) in [5, 5.41) is 34.8. The van der Waals surface area contributed by atoms with Crippen LogP contribution >= 0.6 is 23.2 Å². The number of ether oxygens (including phenoxy) is 1. The average Bonchev–Trinajstić information content (AvgIpc) is 4.02. The molecule has 6 aromatic carbocycles. The molecule has 0 aromatic heterocycles. The quantitative estimate of drug-likeness (QED) is 0.0288. The van der Waals surface area contributed by atoms with Crippen LogP contribution in [0.15, 0.2) is 156 Å². The molecule has 2 amide bonds. The molecule has 2 aliphatic heterocycles. The summed E-state index contributed by atoms with van der Waals surface area (Å²) in [6.45, 7) is 0. The lowest BCUT2D eigenvalue weighted by Gasteiger charge is -2.30. The van der Waals surface area contributed by atoms with Gasteiger partial charge in [-0.25, -0.2) is 9.59 Å². The smallest absolute Gasteiger partial charge is 0.328 e. The molecule has 0 spiro atoms. The van der Waals surface area contributed by atoms with E-state index in [0.717, 1.165) is 27.8 Å². The molecule has 7 N–H and O–H groups in total. The Bertz CT molecular complexity index is 2870. The number of halogens is 2. The third kappa shape index (κ3) is 10.1. The highest BCUT2D eigenvalue weighted by Gasteiger charge is 2.44. The first-order valence-electron chi connectivity index (χ1n) is 21.2. The van der Waals surface area contributed by atoms with Crippen LogP contribution in [0.5, 0.6) is 0 Å². The molecule has 2 heterocycles. The third-order valence-corrected chi connectivity index (χ3v) is 12.7. The number of nitrogens with two attached hydrogens (primary N) is 2. The monoisotopic (exact) mass is 940 g/mol. The largest absolute Gasteiger partial charge is 0.480 e. The predicted molar refractivity (Wildman–Crippen MR) is 255 cm³/mol. The number of amides is 2. The molecule has 14 nitrogen and oxygen atoms in total. The van der Waals surface area contributed by atoms with Gasteiger partial charge in [0.25, 0.3) is 11.8 Å². The van der Waals surface area contributed by atoms with Crippen molar-refractivity contribution in [2.45, 2.75) is 49.9 Å². The minimum atomic E-state index is -1.03. The van der Waals surface area contributed by atoms with Crippen LogP contribution in [0.1, 0.15) is 80.7 Å². The zero-order valence-electron chi connectivity index (χ0n) is 36.1. The second-order valence-electron chi connectivity index (χ2n) is 15.8. The number of esters is 1. The van der Waals surface area contributed by atoms with Crippen molar-refractivity contribution in [1.82, 2.24) is 9.80 Å². The molecule has 4 atom stereocenters. The highest BCUT2D eigenvalue weighted by atomic mass is 35.5. The van der Waals surface area contributed by atoms with Gasteiger partial charge in [0.2, 0.25) is 0 Å². The first-order chi connectivity index (χ1) is 32.4. The van der Waals surface area contributed by atoms with Crippen molar-refractivity contribution in [1.29, 1.82) is 0 Å². The van der Waals surface area contributed by atoms with Crippen LogP contribution in [-0.4, -0.2) is 79.9 Å². The van der Waals surface area contributed by atoms with Crippen molar-refractivity contribution in [3.05, 3.63) is 189 Å². The number of oxime groups is 2. The van der Waals surface area contributed by atoms with Crippen molar-refractivity contribution in [2.75, 3.05) is 7.11 Å². The zero-order valence-corrected chi connectivity index (χ0v) is 37.6. The van der Waals surface area contributed by atoms with E-state index in [1.807, 2.05) is 54.6 Å². The average molecular weight is 942 g/mol. The zero-order chi connectivity index (χ0) is 47.8. The van der Waals surface area contributed by atoms with Crippen LogP contribution in [0.25, 0.3) is 22.3 Å². The first-order valence-corrected chi connectivity index (χ1v) is 21.9. The van der Waals surface area contributed by atoms with Gasteiger partial charge < -0.3 is 41.5 Å². The first kappa shape index (κ1) is 47.3. The van der Waals surface area contributed by atoms with E-state index in [1.165, 1.54) is 12.0 Å². The lowest BCUT2D eigenvalue weighted by molar-refractivity contribution is -0.145. The number of hydrogen-bond acceptors (Lipinski definition) is 9. The lowest BCUT2D eigenvalue weighted by Crippen LogP contribution is -2.42. The van der Waals surface area contributed by atoms with Gasteiger partial charge in [-0.05, 0) is 102 Å². The number of carboxylic acids is 1. The normalized spacial score (nSPS) is 18.2. The second kappa shape index (κ2) is 21.1. The van der Waals surface area contributed by atoms with Gasteiger partial charge in [-0.1, -0.05) is 137 Å². The predicted octanol–water partition coefficient (Wildman–Crippen LogP) is 9.15. The Balaban J connectivity index is 0.000000199. The van der Waals surface area contributed by atoms with Crippen molar-refractivity contribution in [3.63, 3.8) is 0 Å². The Kier molecular flexibility index (Phi) is 14.9. The van der Waals surface area contributed by atoms with Crippen LogP contribution < -0.4 is 11.5 Å². The number of benzene rings is 6. The van der Waals surface area contributed by atoms with Crippen LogP contribution in [0.4, 0.5) is 0 Å². The fourth-order valence-corrected chi connectivity index (χ4v) is 9.26. The summed E-state index contributed by atoms with van der Waals surface area (Å²) in [4.78, 5) is 55.0. The Morgan fingerprint density at radius 1 is 0.567 bits per heavy atom. The topological polar surface area (TPSA) is 221 Å². The number of aliphatic carboxylic acids is 1. The third-order valence-electron chi connectivity index (χ3n) is 12.0. The van der Waals surface area contributed by atoms with Crippen molar-refractivity contribution in [2.24, 2.45) is 21.8 Å². The summed E-state index contributed by atoms with van der Waals surface area (Å²) in [5.41, 5.74) is 17.9. The van der Waals surface area contributed by atoms with E-state index in [1.54, 1.807) is 95.9 Å². The van der Waals surface area contributed by atoms with Crippen LogP contribution in [0, 0.1) is 0 Å². The summed E-state index contributed by atoms with van der Waals surface area (Å²) in [7, 11) is 1.32. The number of rotatable bonds is 10. The van der Waals surface area contributed by atoms with Crippen molar-refractivity contribution < 1.29 is 39.4 Å². The number of carbonyl (C=O) groups excluding carboxylic acids is 3. The molecular formula is C51H46Cl2N6O8. The fourth-order valence-electron chi connectivity index (χ4n) is 8.73. The summed E-state index contributed by atoms with van der Waals surface area (Å²) in [5.74, 6) is -2.19. The summed E-state index contributed by atoms with van der Waals surface area (Å²) >= 11 is 12.8. The molecule has 0 saturated carbocycles. The van der Waals surface area contributed by atoms with Gasteiger partial charge in [-0.15, -0.1) is 0 Å². The van der Waals surface area contributed by atoms with E-state index in [9.17, 15) is 24.3 Å². The van der Waals surface area contributed by atoms with Gasteiger partial charge in [0.05, 0.1) is 19.2 Å². The van der Waals surface area contributed by atoms with E-state index in [-0.39, 0.29) is 29.5 Å². The van der Waals surface area contributed by atoms with Gasteiger partial charge in [0, 0.05) is 32.3 Å². The van der Waals surface area contributed by atoms with Gasteiger partial charge in [-0.3, -0.25) is 9.59 Å². The molecule has 2 saturated heterocycles. The standard InChI is InChI=1S/C26H24ClN3O4.C25H22ClN3O4/c1-34-26(32)23-14-13-22(20-11-4-5-12-21(20)27)30(23)25(31)19-10-3-2-9-18(19)16-7-6-8-17(15-16)24(28)29-33;26-20-7-2-1-6-19(20)21-12-13-22(25(31)32)29(21)24(30)16-10-8-15(9-11-16)17-4-3-5-18(14-17)23(27)28-33/h2-12,15,22-23,33H,13-14H2,1H3,(H2,28,29);1-11,14,21-22,33H,12-13H2,(H2,27,28)(H,31,32)/t22-,23+;21-,22+/m11/s1. The van der Waals surface area contributed by atoms with Crippen molar-refractivity contribution >= 4 is 58.6 Å². The molecular weight excluding hydrogens is 896 g/mol. The molecule has 2 aliphatic rings. The van der Waals surface area contributed by atoms with Crippen LogP contribution in [-0.2, 0) is 14.3 Å². The lowest BCUT2D eigenvalue weighted by atomic mass is 9.96. The maximum absolute atomic E-state index is 14.0. The molecule has 6 aromatic rings. The van der Waals surface area contributed by atoms with Crippen LogP contribution in [0.2, 0.25) is 10.0 Å². The van der Waals surface area contributed by atoms with E-state index < -0.39 is 30.1 Å². The molecule has 2 fully saturated rings. The minimum absolute atomic E-state index is 0.00279. The summed E-state index contributed by atoms with van der Waals surface area (Å²) < 4.78 is 5.02. The minimum Gasteiger partial charge on any atom is -0.480 e. The van der Waals surface area contributed by atoms with Gasteiger partial charge in [0.1, 0.15) is 12.1 Å². The van der Waals surface area contributed by atoms with E-state index in [2.05, 4.69) is 10.3 Å². The Morgan fingerprint density at radius 3 is 1.60 bits per heavy atom. The number of amidine groups is 2. The molecule has 0 aliphatic carbocycles. The molecule has 0 bridgehead atoms. The van der Waals surface area contributed by atoms with Gasteiger partial charge in [-0.2, -0.15) is 0 Å². The molecule has 342 valence electrons. The number of hydrogen-bond donors (Lipinski definition) is 5. The number of likely N-dealkylation sites (tertiary alicyclic amines) is 2. The fraction of sp³-hybridized carbons (Fsp3) is 0.176. The SMILES string of the molecule is COC(=O)[C@@H]1CC[C@H](c2ccccc2Cl)N1C(=O)c1ccccc1-c1cccc(/C(N)=N\O)c1.N/C(=N/O)c1cccc(-c2ccc(C(=O)N3[C@@H](c4ccccc4Cl)CC[C@H]3C(=O)O)cc2)c1.